The van der Waals surface area contributed by atoms with E-state index in [0.29, 0.717) is 10.6 Å². The number of aliphatic hydroxyl groups excluding tert-OH is 1. The molecule has 0 unspecified atom stereocenters. The summed E-state index contributed by atoms with van der Waals surface area (Å²) in [5, 5.41) is 22.5. The first-order chi connectivity index (χ1) is 13.0. The molecule has 1 aromatic carbocycles. The molecule has 0 spiro atoms. The van der Waals surface area contributed by atoms with E-state index in [-0.39, 0.29) is 29.7 Å². The molecule has 8 heteroatoms. The maximum atomic E-state index is 12.4. The number of aromatic nitrogens is 2. The van der Waals surface area contributed by atoms with Crippen LogP contribution in [0.4, 0.5) is 0 Å². The fraction of sp³-hybridized carbons (Fsp3) is 0.105. The summed E-state index contributed by atoms with van der Waals surface area (Å²) in [6.07, 6.45) is 1.35. The van der Waals surface area contributed by atoms with E-state index in [1.54, 1.807) is 24.3 Å². The standard InChI is InChI=1S/C19H14ClN3O4/c20-13-5-3-11(4-6-13)9-22-18(26)16-17(25)14-8-12(2-1-7-24)10-21-15(14)19(27)23-16/h3-6,8,10,24-25H,7,9H2,(H,22,26)(H,23,27). The van der Waals surface area contributed by atoms with Gasteiger partial charge in [-0.1, -0.05) is 35.6 Å². The van der Waals surface area contributed by atoms with Crippen LogP contribution in [0.25, 0.3) is 10.9 Å². The number of benzene rings is 1. The Morgan fingerprint density at radius 2 is 2.04 bits per heavy atom. The summed E-state index contributed by atoms with van der Waals surface area (Å²) in [5.74, 6) is 4.04. The Bertz CT molecular complexity index is 1130. The molecule has 27 heavy (non-hydrogen) atoms. The molecule has 0 saturated heterocycles. The third-order valence-corrected chi connectivity index (χ3v) is 3.99. The van der Waals surface area contributed by atoms with Gasteiger partial charge >= 0.3 is 0 Å². The highest BCUT2D eigenvalue weighted by Gasteiger charge is 2.18. The van der Waals surface area contributed by atoms with Gasteiger partial charge in [0.15, 0.2) is 5.75 Å². The maximum Gasteiger partial charge on any atom is 0.275 e. The molecule has 0 radical (unpaired) electrons. The highest BCUT2D eigenvalue weighted by molar-refractivity contribution is 6.30. The third kappa shape index (κ3) is 4.08. The number of pyridine rings is 2. The number of aromatic hydroxyl groups is 1. The van der Waals surface area contributed by atoms with Crippen molar-refractivity contribution in [3.05, 3.63) is 68.7 Å². The average molecular weight is 384 g/mol. The SMILES string of the molecule is O=C(NCc1ccc(Cl)cc1)c1[nH]c(=O)c2ncc(C#CCO)cc2c1O. The number of hydrogen-bond acceptors (Lipinski definition) is 5. The van der Waals surface area contributed by atoms with Gasteiger partial charge < -0.3 is 20.5 Å². The molecule has 1 amide bonds. The van der Waals surface area contributed by atoms with Gasteiger partial charge in [-0.05, 0) is 23.8 Å². The number of rotatable bonds is 3. The quantitative estimate of drug-likeness (QED) is 0.512. The average Bonchev–Trinajstić information content (AvgIpc) is 2.68. The molecule has 136 valence electrons. The number of carbonyl (C=O) groups is 1. The number of amides is 1. The van der Waals surface area contributed by atoms with Crippen LogP contribution in [-0.2, 0) is 6.54 Å². The van der Waals surface area contributed by atoms with Crippen LogP contribution in [0, 0.1) is 11.8 Å². The Morgan fingerprint density at radius 3 is 2.74 bits per heavy atom. The van der Waals surface area contributed by atoms with E-state index in [0.717, 1.165) is 5.56 Å². The number of nitrogens with one attached hydrogen (secondary N) is 2. The summed E-state index contributed by atoms with van der Waals surface area (Å²) in [6.45, 7) is -0.145. The van der Waals surface area contributed by atoms with Gasteiger partial charge in [0.05, 0.1) is 5.39 Å². The lowest BCUT2D eigenvalue weighted by atomic mass is 10.1. The lowest BCUT2D eigenvalue weighted by Gasteiger charge is -2.09. The van der Waals surface area contributed by atoms with E-state index in [1.807, 2.05) is 0 Å². The molecule has 0 atom stereocenters. The normalized spacial score (nSPS) is 10.3. The van der Waals surface area contributed by atoms with Gasteiger partial charge in [0, 0.05) is 23.3 Å². The van der Waals surface area contributed by atoms with Gasteiger partial charge in [-0.15, -0.1) is 0 Å². The zero-order chi connectivity index (χ0) is 19.4. The van der Waals surface area contributed by atoms with Crippen LogP contribution in [0.1, 0.15) is 21.6 Å². The Kier molecular flexibility index (Phi) is 5.41. The number of carbonyl (C=O) groups excluding carboxylic acids is 1. The molecule has 0 aliphatic heterocycles. The molecule has 2 aromatic heterocycles. The minimum atomic E-state index is -0.645. The van der Waals surface area contributed by atoms with Crippen LogP contribution in [0.2, 0.25) is 5.02 Å². The molecule has 3 aromatic rings. The smallest absolute Gasteiger partial charge is 0.275 e. The first kappa shape index (κ1) is 18.5. The molecular weight excluding hydrogens is 370 g/mol. The fourth-order valence-corrected chi connectivity index (χ4v) is 2.57. The van der Waals surface area contributed by atoms with E-state index >= 15 is 0 Å². The molecule has 7 nitrogen and oxygen atoms in total. The first-order valence-electron chi connectivity index (χ1n) is 7.87. The minimum Gasteiger partial charge on any atom is -0.505 e. The molecule has 2 heterocycles. The van der Waals surface area contributed by atoms with E-state index in [4.69, 9.17) is 16.7 Å². The number of H-pyrrole nitrogens is 1. The predicted molar refractivity (Wildman–Crippen MR) is 101 cm³/mol. The van der Waals surface area contributed by atoms with Crippen molar-refractivity contribution >= 4 is 28.4 Å². The van der Waals surface area contributed by atoms with Gasteiger partial charge in [-0.3, -0.25) is 9.59 Å². The van der Waals surface area contributed by atoms with E-state index < -0.39 is 17.2 Å². The first-order valence-corrected chi connectivity index (χ1v) is 8.24. The molecule has 0 aliphatic carbocycles. The third-order valence-electron chi connectivity index (χ3n) is 3.74. The Labute approximate surface area is 158 Å². The zero-order valence-electron chi connectivity index (χ0n) is 13.9. The summed E-state index contributed by atoms with van der Waals surface area (Å²) < 4.78 is 0. The van der Waals surface area contributed by atoms with Gasteiger partial charge in [0.25, 0.3) is 11.5 Å². The number of nitrogens with zero attached hydrogens (tertiary/aromatic N) is 1. The van der Waals surface area contributed by atoms with Crippen LogP contribution in [0.3, 0.4) is 0 Å². The number of aromatic amines is 1. The second-order valence-corrected chi connectivity index (χ2v) is 6.00. The largest absolute Gasteiger partial charge is 0.505 e. The number of hydrogen-bond donors (Lipinski definition) is 4. The summed E-state index contributed by atoms with van der Waals surface area (Å²) in [6, 6.07) is 8.33. The fourth-order valence-electron chi connectivity index (χ4n) is 2.44. The van der Waals surface area contributed by atoms with Crippen LogP contribution < -0.4 is 10.9 Å². The van der Waals surface area contributed by atoms with E-state index in [1.165, 1.54) is 12.3 Å². The van der Waals surface area contributed by atoms with Crippen molar-refractivity contribution in [2.45, 2.75) is 6.54 Å². The van der Waals surface area contributed by atoms with Crippen molar-refractivity contribution in [1.82, 2.24) is 15.3 Å². The van der Waals surface area contributed by atoms with Crippen molar-refractivity contribution in [3.63, 3.8) is 0 Å². The number of halogens is 1. The van der Waals surface area contributed by atoms with E-state index in [9.17, 15) is 14.7 Å². The molecule has 0 bridgehead atoms. The van der Waals surface area contributed by atoms with Gasteiger partial charge in [-0.2, -0.15) is 0 Å². The van der Waals surface area contributed by atoms with Crippen molar-refractivity contribution in [3.8, 4) is 17.6 Å². The van der Waals surface area contributed by atoms with Crippen molar-refractivity contribution < 1.29 is 15.0 Å². The summed E-state index contributed by atoms with van der Waals surface area (Å²) >= 11 is 5.82. The van der Waals surface area contributed by atoms with Crippen LogP contribution in [0.15, 0.2) is 41.3 Å². The lowest BCUT2D eigenvalue weighted by molar-refractivity contribution is 0.0943. The number of fused-ring (bicyclic) bond motifs is 1. The molecule has 4 N–H and O–H groups in total. The topological polar surface area (TPSA) is 115 Å². The van der Waals surface area contributed by atoms with Crippen LogP contribution >= 0.6 is 11.6 Å². The number of aliphatic hydroxyl groups is 1. The second kappa shape index (κ2) is 7.91. The minimum absolute atomic E-state index is 0.0173. The summed E-state index contributed by atoms with van der Waals surface area (Å²) in [5.41, 5.74) is 0.302. The molecule has 0 aliphatic rings. The highest BCUT2D eigenvalue weighted by Crippen LogP contribution is 2.24. The van der Waals surface area contributed by atoms with Gasteiger partial charge in [-0.25, -0.2) is 4.98 Å². The zero-order valence-corrected chi connectivity index (χ0v) is 14.7. The Balaban J connectivity index is 1.93. The lowest BCUT2D eigenvalue weighted by Crippen LogP contribution is -2.26. The predicted octanol–water partition coefficient (Wildman–Crippen LogP) is 1.56. The van der Waals surface area contributed by atoms with Crippen molar-refractivity contribution in [1.29, 1.82) is 0 Å². The summed E-state index contributed by atoms with van der Waals surface area (Å²) in [4.78, 5) is 30.9. The molecule has 0 fully saturated rings. The highest BCUT2D eigenvalue weighted by atomic mass is 35.5. The second-order valence-electron chi connectivity index (χ2n) is 5.57. The van der Waals surface area contributed by atoms with E-state index in [2.05, 4.69) is 27.1 Å². The molecular formula is C19H14ClN3O4. The van der Waals surface area contributed by atoms with Crippen molar-refractivity contribution in [2.75, 3.05) is 6.61 Å². The van der Waals surface area contributed by atoms with Crippen LogP contribution in [-0.4, -0.2) is 32.7 Å². The Morgan fingerprint density at radius 1 is 1.30 bits per heavy atom. The monoisotopic (exact) mass is 383 g/mol. The van der Waals surface area contributed by atoms with Crippen LogP contribution in [0.5, 0.6) is 5.75 Å². The summed E-state index contributed by atoms with van der Waals surface area (Å²) in [7, 11) is 0. The molecule has 3 rings (SSSR count). The van der Waals surface area contributed by atoms with Gasteiger partial charge in [0.1, 0.15) is 17.8 Å². The van der Waals surface area contributed by atoms with Crippen molar-refractivity contribution in [2.24, 2.45) is 0 Å². The van der Waals surface area contributed by atoms with Gasteiger partial charge in [0.2, 0.25) is 0 Å². The Hall–Kier alpha value is -3.34. The maximum absolute atomic E-state index is 12.4. The molecule has 0 saturated carbocycles.